The van der Waals surface area contributed by atoms with E-state index in [2.05, 4.69) is 5.32 Å². The van der Waals surface area contributed by atoms with Gasteiger partial charge in [0.05, 0.1) is 6.26 Å². The predicted octanol–water partition coefficient (Wildman–Crippen LogP) is 3.45. The van der Waals surface area contributed by atoms with Crippen LogP contribution in [0.25, 0.3) is 11.0 Å². The number of para-hydroxylation sites is 1. The standard InChI is InChI=1S/C17H16N2O2/c1-11-13(17(18)20)6-4-7-15(11)19-9-12-10-21-16-8-3-2-5-14(12)16/h2-8,10,19H,9H2,1H3,(H2,18,20). The lowest BCUT2D eigenvalue weighted by Gasteiger charge is -2.11. The number of amides is 1. The summed E-state index contributed by atoms with van der Waals surface area (Å²) in [6, 6.07) is 13.4. The van der Waals surface area contributed by atoms with Gasteiger partial charge in [-0.05, 0) is 30.7 Å². The first-order chi connectivity index (χ1) is 10.2. The highest BCUT2D eigenvalue weighted by atomic mass is 16.3. The molecule has 1 amide bonds. The molecule has 0 fully saturated rings. The molecule has 0 spiro atoms. The average Bonchev–Trinajstić information content (AvgIpc) is 2.89. The first-order valence-corrected chi connectivity index (χ1v) is 6.75. The Kier molecular flexibility index (Phi) is 3.36. The molecule has 4 heteroatoms. The second kappa shape index (κ2) is 5.32. The number of nitrogens with one attached hydrogen (secondary N) is 1. The highest BCUT2D eigenvalue weighted by Crippen LogP contribution is 2.23. The summed E-state index contributed by atoms with van der Waals surface area (Å²) >= 11 is 0. The van der Waals surface area contributed by atoms with Crippen LogP contribution < -0.4 is 11.1 Å². The maximum absolute atomic E-state index is 11.4. The lowest BCUT2D eigenvalue weighted by atomic mass is 10.1. The monoisotopic (exact) mass is 280 g/mol. The summed E-state index contributed by atoms with van der Waals surface area (Å²) in [4.78, 5) is 11.4. The molecule has 0 atom stereocenters. The molecule has 4 nitrogen and oxygen atoms in total. The Hall–Kier alpha value is -2.75. The van der Waals surface area contributed by atoms with Crippen LogP contribution in [0.1, 0.15) is 21.5 Å². The summed E-state index contributed by atoms with van der Waals surface area (Å²) in [6.45, 7) is 2.51. The van der Waals surface area contributed by atoms with Crippen molar-refractivity contribution in [3.05, 3.63) is 65.4 Å². The molecular weight excluding hydrogens is 264 g/mol. The quantitative estimate of drug-likeness (QED) is 0.769. The van der Waals surface area contributed by atoms with Crippen molar-refractivity contribution in [3.8, 4) is 0 Å². The van der Waals surface area contributed by atoms with Crippen molar-refractivity contribution in [2.45, 2.75) is 13.5 Å². The van der Waals surface area contributed by atoms with Crippen molar-refractivity contribution in [2.75, 3.05) is 5.32 Å². The number of hydrogen-bond acceptors (Lipinski definition) is 3. The fraction of sp³-hybridized carbons (Fsp3) is 0.118. The first kappa shape index (κ1) is 13.2. The molecule has 0 radical (unpaired) electrons. The van der Waals surface area contributed by atoms with E-state index < -0.39 is 5.91 Å². The van der Waals surface area contributed by atoms with E-state index in [9.17, 15) is 4.79 Å². The van der Waals surface area contributed by atoms with E-state index in [4.69, 9.17) is 10.2 Å². The average molecular weight is 280 g/mol. The normalized spacial score (nSPS) is 10.7. The van der Waals surface area contributed by atoms with Crippen molar-refractivity contribution in [1.82, 2.24) is 0 Å². The second-order valence-electron chi connectivity index (χ2n) is 4.95. The Balaban J connectivity index is 1.85. The largest absolute Gasteiger partial charge is 0.464 e. The van der Waals surface area contributed by atoms with Gasteiger partial charge in [0.2, 0.25) is 5.91 Å². The fourth-order valence-electron chi connectivity index (χ4n) is 2.45. The molecule has 0 saturated heterocycles. The Morgan fingerprint density at radius 3 is 2.81 bits per heavy atom. The molecule has 2 aromatic carbocycles. The van der Waals surface area contributed by atoms with E-state index in [1.54, 1.807) is 12.3 Å². The van der Waals surface area contributed by atoms with Crippen LogP contribution in [0.15, 0.2) is 53.1 Å². The van der Waals surface area contributed by atoms with Gasteiger partial charge in [-0.1, -0.05) is 24.3 Å². The number of anilines is 1. The highest BCUT2D eigenvalue weighted by molar-refractivity contribution is 5.95. The summed E-state index contributed by atoms with van der Waals surface area (Å²) in [5, 5.41) is 4.43. The number of furan rings is 1. The molecule has 0 aliphatic carbocycles. The Morgan fingerprint density at radius 1 is 1.19 bits per heavy atom. The molecule has 0 saturated carbocycles. The number of benzene rings is 2. The third-order valence-electron chi connectivity index (χ3n) is 3.63. The lowest BCUT2D eigenvalue weighted by Crippen LogP contribution is -2.13. The molecule has 3 rings (SSSR count). The van der Waals surface area contributed by atoms with E-state index in [0.29, 0.717) is 12.1 Å². The van der Waals surface area contributed by atoms with Gasteiger partial charge in [0, 0.05) is 28.7 Å². The topological polar surface area (TPSA) is 68.3 Å². The third-order valence-corrected chi connectivity index (χ3v) is 3.63. The van der Waals surface area contributed by atoms with Crippen LogP contribution in [0, 0.1) is 6.92 Å². The molecule has 0 bridgehead atoms. The summed E-state index contributed by atoms with van der Waals surface area (Å²) in [6.07, 6.45) is 1.75. The fourth-order valence-corrected chi connectivity index (χ4v) is 2.45. The van der Waals surface area contributed by atoms with Crippen LogP contribution in [0.2, 0.25) is 0 Å². The lowest BCUT2D eigenvalue weighted by molar-refractivity contribution is 0.1000. The van der Waals surface area contributed by atoms with Gasteiger partial charge in [0.25, 0.3) is 0 Å². The van der Waals surface area contributed by atoms with Gasteiger partial charge >= 0.3 is 0 Å². The van der Waals surface area contributed by atoms with Gasteiger partial charge in [-0.25, -0.2) is 0 Å². The number of hydrogen-bond donors (Lipinski definition) is 2. The van der Waals surface area contributed by atoms with E-state index in [-0.39, 0.29) is 0 Å². The number of carbonyl (C=O) groups excluding carboxylic acids is 1. The van der Waals surface area contributed by atoms with Crippen LogP contribution in [-0.2, 0) is 6.54 Å². The summed E-state index contributed by atoms with van der Waals surface area (Å²) in [7, 11) is 0. The van der Waals surface area contributed by atoms with E-state index in [0.717, 1.165) is 27.8 Å². The van der Waals surface area contributed by atoms with Crippen molar-refractivity contribution in [3.63, 3.8) is 0 Å². The summed E-state index contributed by atoms with van der Waals surface area (Å²) < 4.78 is 5.52. The number of primary amides is 1. The first-order valence-electron chi connectivity index (χ1n) is 6.75. The SMILES string of the molecule is Cc1c(NCc2coc3ccccc23)cccc1C(N)=O. The van der Waals surface area contributed by atoms with Crippen molar-refractivity contribution >= 4 is 22.6 Å². The maximum Gasteiger partial charge on any atom is 0.249 e. The zero-order valence-corrected chi connectivity index (χ0v) is 11.7. The van der Waals surface area contributed by atoms with Crippen LogP contribution in [0.4, 0.5) is 5.69 Å². The molecule has 106 valence electrons. The molecule has 0 aliphatic rings. The van der Waals surface area contributed by atoms with Crippen LogP contribution in [-0.4, -0.2) is 5.91 Å². The van der Waals surface area contributed by atoms with E-state index in [1.165, 1.54) is 0 Å². The highest BCUT2D eigenvalue weighted by Gasteiger charge is 2.09. The second-order valence-corrected chi connectivity index (χ2v) is 4.95. The minimum absolute atomic E-state index is 0.412. The third kappa shape index (κ3) is 2.48. The number of rotatable bonds is 4. The smallest absolute Gasteiger partial charge is 0.249 e. The van der Waals surface area contributed by atoms with Crippen molar-refractivity contribution < 1.29 is 9.21 Å². The number of carbonyl (C=O) groups is 1. The zero-order valence-electron chi connectivity index (χ0n) is 11.7. The van der Waals surface area contributed by atoms with Crippen LogP contribution in [0.3, 0.4) is 0 Å². The Morgan fingerprint density at radius 2 is 2.00 bits per heavy atom. The van der Waals surface area contributed by atoms with E-state index >= 15 is 0 Å². The molecule has 0 aliphatic heterocycles. The van der Waals surface area contributed by atoms with Gasteiger partial charge < -0.3 is 15.5 Å². The molecular formula is C17H16N2O2. The summed E-state index contributed by atoms with van der Waals surface area (Å²) in [5.41, 5.74) is 9.61. The van der Waals surface area contributed by atoms with Gasteiger partial charge in [-0.2, -0.15) is 0 Å². The minimum atomic E-state index is -0.412. The van der Waals surface area contributed by atoms with Crippen LogP contribution in [0.5, 0.6) is 0 Å². The molecule has 3 N–H and O–H groups in total. The van der Waals surface area contributed by atoms with Gasteiger partial charge in [-0.15, -0.1) is 0 Å². The Bertz CT molecular complexity index is 805. The minimum Gasteiger partial charge on any atom is -0.464 e. The van der Waals surface area contributed by atoms with Crippen LogP contribution >= 0.6 is 0 Å². The van der Waals surface area contributed by atoms with Crippen molar-refractivity contribution in [2.24, 2.45) is 5.73 Å². The van der Waals surface area contributed by atoms with Gasteiger partial charge in [0.15, 0.2) is 0 Å². The molecule has 1 heterocycles. The van der Waals surface area contributed by atoms with Crippen molar-refractivity contribution in [1.29, 1.82) is 0 Å². The zero-order chi connectivity index (χ0) is 14.8. The van der Waals surface area contributed by atoms with Gasteiger partial charge in [-0.3, -0.25) is 4.79 Å². The molecule has 1 aromatic heterocycles. The molecule has 21 heavy (non-hydrogen) atoms. The Labute approximate surface area is 122 Å². The number of nitrogens with two attached hydrogens (primary N) is 1. The number of fused-ring (bicyclic) bond motifs is 1. The molecule has 3 aromatic rings. The summed E-state index contributed by atoms with van der Waals surface area (Å²) in [5.74, 6) is -0.412. The van der Waals surface area contributed by atoms with E-state index in [1.807, 2.05) is 43.3 Å². The molecule has 0 unspecified atom stereocenters. The predicted molar refractivity (Wildman–Crippen MR) is 83.2 cm³/mol. The maximum atomic E-state index is 11.4. The van der Waals surface area contributed by atoms with Gasteiger partial charge in [0.1, 0.15) is 5.58 Å².